The van der Waals surface area contributed by atoms with Crippen molar-refractivity contribution in [1.29, 1.82) is 0 Å². The summed E-state index contributed by atoms with van der Waals surface area (Å²) in [6.07, 6.45) is 0.377. The van der Waals surface area contributed by atoms with Gasteiger partial charge in [-0.15, -0.1) is 0 Å². The molecule has 1 aliphatic heterocycles. The predicted molar refractivity (Wildman–Crippen MR) is 80.3 cm³/mol. The fraction of sp³-hybridized carbons (Fsp3) is 0.500. The normalized spacial score (nSPS) is 20.0. The Labute approximate surface area is 128 Å². The molecule has 0 unspecified atom stereocenters. The van der Waals surface area contributed by atoms with Gasteiger partial charge in [0.2, 0.25) is 0 Å². The number of hydrogen-bond acceptors (Lipinski definition) is 3. The van der Waals surface area contributed by atoms with Gasteiger partial charge in [0.05, 0.1) is 5.02 Å². The quantitative estimate of drug-likeness (QED) is 0.928. The number of hydrogen-bond donors (Lipinski definition) is 1. The predicted octanol–water partition coefficient (Wildman–Crippen LogP) is 2.57. The van der Waals surface area contributed by atoms with Gasteiger partial charge in [-0.05, 0) is 44.0 Å². The number of amides is 1. The Hall–Kier alpha value is -0.970. The first-order valence-electron chi connectivity index (χ1n) is 6.62. The Kier molecular flexibility index (Phi) is 5.13. The lowest BCUT2D eigenvalue weighted by Crippen LogP contribution is -2.39. The van der Waals surface area contributed by atoms with E-state index in [0.717, 1.165) is 13.0 Å². The van der Waals surface area contributed by atoms with Gasteiger partial charge in [-0.2, -0.15) is 0 Å². The van der Waals surface area contributed by atoms with Crippen LogP contribution in [0.15, 0.2) is 18.2 Å². The Morgan fingerprint density at radius 3 is 2.90 bits per heavy atom. The smallest absolute Gasteiger partial charge is 0.263 e. The number of carbonyl (C=O) groups is 1. The molecule has 2 atom stereocenters. The summed E-state index contributed by atoms with van der Waals surface area (Å²) < 4.78 is 5.63. The third kappa shape index (κ3) is 3.57. The lowest BCUT2D eigenvalue weighted by Gasteiger charge is -2.22. The van der Waals surface area contributed by atoms with E-state index in [2.05, 4.69) is 0 Å². The summed E-state index contributed by atoms with van der Waals surface area (Å²) >= 11 is 11.9. The van der Waals surface area contributed by atoms with Crippen LogP contribution in [0.25, 0.3) is 0 Å². The van der Waals surface area contributed by atoms with Crippen molar-refractivity contribution < 1.29 is 9.53 Å². The van der Waals surface area contributed by atoms with Gasteiger partial charge in [0.1, 0.15) is 5.75 Å². The monoisotopic (exact) mass is 316 g/mol. The van der Waals surface area contributed by atoms with E-state index >= 15 is 0 Å². The summed E-state index contributed by atoms with van der Waals surface area (Å²) in [6.45, 7) is 3.78. The maximum Gasteiger partial charge on any atom is 0.263 e. The third-order valence-corrected chi connectivity index (χ3v) is 4.01. The van der Waals surface area contributed by atoms with Crippen LogP contribution in [0, 0.1) is 5.92 Å². The minimum atomic E-state index is -0.579. The molecule has 0 spiro atoms. The van der Waals surface area contributed by atoms with Crippen LogP contribution in [0.4, 0.5) is 0 Å². The van der Waals surface area contributed by atoms with Crippen LogP contribution in [0.2, 0.25) is 10.0 Å². The second-order valence-corrected chi connectivity index (χ2v) is 5.85. The van der Waals surface area contributed by atoms with Gasteiger partial charge in [-0.25, -0.2) is 0 Å². The van der Waals surface area contributed by atoms with Crippen molar-refractivity contribution in [3.63, 3.8) is 0 Å². The number of nitrogens with two attached hydrogens (primary N) is 1. The molecule has 1 saturated heterocycles. The molecule has 20 heavy (non-hydrogen) atoms. The standard InChI is InChI=1S/C14H18Cl2N2O2/c1-9(14(19)18-5-4-10(7-17)8-18)20-13-3-2-11(15)6-12(13)16/h2-3,6,9-10H,4-5,7-8,17H2,1H3/t9-,10-/m0/s1. The van der Waals surface area contributed by atoms with E-state index in [0.29, 0.717) is 34.8 Å². The molecule has 2 N–H and O–H groups in total. The minimum absolute atomic E-state index is 0.0352. The average molecular weight is 317 g/mol. The summed E-state index contributed by atoms with van der Waals surface area (Å²) in [5, 5.41) is 0.935. The fourth-order valence-corrected chi connectivity index (χ4v) is 2.75. The van der Waals surface area contributed by atoms with Gasteiger partial charge in [-0.3, -0.25) is 4.79 Å². The zero-order valence-corrected chi connectivity index (χ0v) is 12.8. The van der Waals surface area contributed by atoms with Crippen molar-refractivity contribution in [2.75, 3.05) is 19.6 Å². The molecule has 1 heterocycles. The molecule has 0 radical (unpaired) electrons. The average Bonchev–Trinajstić information content (AvgIpc) is 2.89. The van der Waals surface area contributed by atoms with Crippen molar-refractivity contribution in [2.45, 2.75) is 19.4 Å². The van der Waals surface area contributed by atoms with Gasteiger partial charge in [0.25, 0.3) is 5.91 Å². The zero-order valence-electron chi connectivity index (χ0n) is 11.3. The molecule has 2 rings (SSSR count). The highest BCUT2D eigenvalue weighted by Gasteiger charge is 2.29. The van der Waals surface area contributed by atoms with Crippen LogP contribution in [0.1, 0.15) is 13.3 Å². The van der Waals surface area contributed by atoms with Crippen LogP contribution in [0.5, 0.6) is 5.75 Å². The summed E-state index contributed by atoms with van der Waals surface area (Å²) in [5.41, 5.74) is 5.63. The molecule has 110 valence electrons. The van der Waals surface area contributed by atoms with E-state index in [1.54, 1.807) is 30.0 Å². The first-order valence-corrected chi connectivity index (χ1v) is 7.37. The Morgan fingerprint density at radius 2 is 2.30 bits per heavy atom. The van der Waals surface area contributed by atoms with Crippen LogP contribution >= 0.6 is 23.2 Å². The molecule has 1 aromatic carbocycles. The maximum absolute atomic E-state index is 12.3. The summed E-state index contributed by atoms with van der Waals surface area (Å²) in [5.74, 6) is 0.823. The van der Waals surface area contributed by atoms with Crippen molar-refractivity contribution in [3.8, 4) is 5.75 Å². The number of nitrogens with zero attached hydrogens (tertiary/aromatic N) is 1. The van der Waals surface area contributed by atoms with E-state index in [4.69, 9.17) is 33.7 Å². The number of likely N-dealkylation sites (tertiary alicyclic amines) is 1. The minimum Gasteiger partial charge on any atom is -0.479 e. The number of rotatable bonds is 4. The molecule has 0 aromatic heterocycles. The molecule has 1 aromatic rings. The van der Waals surface area contributed by atoms with Crippen LogP contribution in [0.3, 0.4) is 0 Å². The largest absolute Gasteiger partial charge is 0.479 e. The summed E-state index contributed by atoms with van der Waals surface area (Å²) in [4.78, 5) is 14.1. The third-order valence-electron chi connectivity index (χ3n) is 3.48. The highest BCUT2D eigenvalue weighted by Crippen LogP contribution is 2.28. The zero-order chi connectivity index (χ0) is 14.7. The Morgan fingerprint density at radius 1 is 1.55 bits per heavy atom. The highest BCUT2D eigenvalue weighted by molar-refractivity contribution is 6.35. The summed E-state index contributed by atoms with van der Waals surface area (Å²) in [7, 11) is 0. The van der Waals surface area contributed by atoms with Crippen molar-refractivity contribution in [3.05, 3.63) is 28.2 Å². The van der Waals surface area contributed by atoms with Crippen LogP contribution in [-0.2, 0) is 4.79 Å². The number of carbonyl (C=O) groups excluding carboxylic acids is 1. The molecule has 1 fully saturated rings. The van der Waals surface area contributed by atoms with E-state index in [1.807, 2.05) is 0 Å². The first-order chi connectivity index (χ1) is 9.51. The van der Waals surface area contributed by atoms with E-state index in [9.17, 15) is 4.79 Å². The van der Waals surface area contributed by atoms with Gasteiger partial charge >= 0.3 is 0 Å². The van der Waals surface area contributed by atoms with Gasteiger partial charge < -0.3 is 15.4 Å². The van der Waals surface area contributed by atoms with Gasteiger partial charge in [0, 0.05) is 18.1 Å². The highest BCUT2D eigenvalue weighted by atomic mass is 35.5. The SMILES string of the molecule is C[C@H](Oc1ccc(Cl)cc1Cl)C(=O)N1CC[C@@H](CN)C1. The summed E-state index contributed by atoms with van der Waals surface area (Å²) in [6, 6.07) is 4.94. The lowest BCUT2D eigenvalue weighted by atomic mass is 10.1. The topological polar surface area (TPSA) is 55.6 Å². The maximum atomic E-state index is 12.3. The van der Waals surface area contributed by atoms with Gasteiger partial charge in [-0.1, -0.05) is 23.2 Å². The molecule has 1 amide bonds. The van der Waals surface area contributed by atoms with Crippen molar-refractivity contribution in [2.24, 2.45) is 11.7 Å². The molecule has 1 aliphatic rings. The fourth-order valence-electron chi connectivity index (χ4n) is 2.29. The van der Waals surface area contributed by atoms with E-state index in [1.165, 1.54) is 0 Å². The van der Waals surface area contributed by atoms with Crippen LogP contribution in [-0.4, -0.2) is 36.5 Å². The number of halogens is 2. The van der Waals surface area contributed by atoms with Crippen molar-refractivity contribution >= 4 is 29.1 Å². The number of ether oxygens (including phenoxy) is 1. The molecule has 4 nitrogen and oxygen atoms in total. The molecular weight excluding hydrogens is 299 g/mol. The second-order valence-electron chi connectivity index (χ2n) is 5.01. The second kappa shape index (κ2) is 6.66. The Balaban J connectivity index is 1.97. The molecule has 0 bridgehead atoms. The number of benzene rings is 1. The Bertz CT molecular complexity index is 496. The van der Waals surface area contributed by atoms with Crippen LogP contribution < -0.4 is 10.5 Å². The van der Waals surface area contributed by atoms with E-state index < -0.39 is 6.10 Å². The molecule has 6 heteroatoms. The van der Waals surface area contributed by atoms with Crippen molar-refractivity contribution in [1.82, 2.24) is 4.90 Å². The molecule has 0 saturated carbocycles. The molecular formula is C14H18Cl2N2O2. The van der Waals surface area contributed by atoms with Gasteiger partial charge in [0.15, 0.2) is 6.10 Å². The first kappa shape index (κ1) is 15.4. The molecule has 0 aliphatic carbocycles. The van der Waals surface area contributed by atoms with E-state index in [-0.39, 0.29) is 5.91 Å². The lowest BCUT2D eigenvalue weighted by molar-refractivity contribution is -0.136.